The van der Waals surface area contributed by atoms with Gasteiger partial charge in [-0.25, -0.2) is 0 Å². The highest BCUT2D eigenvalue weighted by molar-refractivity contribution is 8.00. The summed E-state index contributed by atoms with van der Waals surface area (Å²) in [4.78, 5) is 1.35. The van der Waals surface area contributed by atoms with Gasteiger partial charge in [0.1, 0.15) is 0 Å². The Morgan fingerprint density at radius 3 is 3.00 bits per heavy atom. The molecule has 0 bridgehead atoms. The Bertz CT molecular complexity index is 390. The van der Waals surface area contributed by atoms with Gasteiger partial charge in [0.05, 0.1) is 6.61 Å². The van der Waals surface area contributed by atoms with E-state index in [0.717, 1.165) is 12.8 Å². The molecule has 0 heterocycles. The number of aliphatic hydroxyl groups is 1. The lowest BCUT2D eigenvalue weighted by Gasteiger charge is -2.39. The van der Waals surface area contributed by atoms with E-state index in [9.17, 15) is 5.11 Å². The minimum absolute atomic E-state index is 0.0558. The molecule has 2 N–H and O–H groups in total. The van der Waals surface area contributed by atoms with Crippen LogP contribution in [-0.4, -0.2) is 29.5 Å². The van der Waals surface area contributed by atoms with Crippen molar-refractivity contribution < 1.29 is 5.11 Å². The van der Waals surface area contributed by atoms with Crippen molar-refractivity contribution in [2.24, 2.45) is 0 Å². The molecule has 18 heavy (non-hydrogen) atoms. The van der Waals surface area contributed by atoms with E-state index in [1.165, 1.54) is 23.3 Å². The Morgan fingerprint density at radius 2 is 2.33 bits per heavy atom. The van der Waals surface area contributed by atoms with E-state index in [1.807, 2.05) is 18.8 Å². The van der Waals surface area contributed by atoms with Crippen LogP contribution in [0.5, 0.6) is 0 Å². The third kappa shape index (κ3) is 3.28. The first-order chi connectivity index (χ1) is 8.67. The Kier molecular flexibility index (Phi) is 4.71. The number of rotatable bonds is 4. The predicted molar refractivity (Wildman–Crippen MR) is 78.2 cm³/mol. The average Bonchev–Trinajstić information content (AvgIpc) is 2.39. The lowest BCUT2D eigenvalue weighted by atomic mass is 9.82. The second-order valence-corrected chi connectivity index (χ2v) is 6.71. The molecule has 1 fully saturated rings. The molecule has 0 aromatic heterocycles. The molecule has 0 radical (unpaired) electrons. The molecule has 3 heteroatoms. The molecule has 0 amide bonds. The van der Waals surface area contributed by atoms with Crippen LogP contribution in [0.1, 0.15) is 31.2 Å². The van der Waals surface area contributed by atoms with Crippen LogP contribution in [0, 0.1) is 6.92 Å². The van der Waals surface area contributed by atoms with Gasteiger partial charge in [0.25, 0.3) is 0 Å². The zero-order valence-corrected chi connectivity index (χ0v) is 12.1. The predicted octanol–water partition coefficient (Wildman–Crippen LogP) is 2.98. The number of thioether (sulfide) groups is 1. The fourth-order valence-electron chi connectivity index (χ4n) is 2.74. The molecule has 1 aliphatic rings. The summed E-state index contributed by atoms with van der Waals surface area (Å²) in [6.45, 7) is 2.38. The summed E-state index contributed by atoms with van der Waals surface area (Å²) in [5.74, 6) is 0. The van der Waals surface area contributed by atoms with E-state index < -0.39 is 0 Å². The summed E-state index contributed by atoms with van der Waals surface area (Å²) in [5.41, 5.74) is 1.26. The molecular weight excluding hydrogens is 242 g/mol. The van der Waals surface area contributed by atoms with Gasteiger partial charge >= 0.3 is 0 Å². The third-order valence-corrected chi connectivity index (χ3v) is 5.19. The van der Waals surface area contributed by atoms with Crippen molar-refractivity contribution >= 4 is 11.8 Å². The summed E-state index contributed by atoms with van der Waals surface area (Å²) in [7, 11) is 1.97. The highest BCUT2D eigenvalue weighted by Crippen LogP contribution is 2.38. The quantitative estimate of drug-likeness (QED) is 0.878. The molecule has 0 spiro atoms. The molecule has 1 aliphatic carbocycles. The first kappa shape index (κ1) is 13.9. The molecule has 0 aliphatic heterocycles. The van der Waals surface area contributed by atoms with Crippen molar-refractivity contribution in [3.05, 3.63) is 29.8 Å². The first-order valence-corrected chi connectivity index (χ1v) is 7.58. The van der Waals surface area contributed by atoms with Gasteiger partial charge < -0.3 is 10.4 Å². The van der Waals surface area contributed by atoms with Crippen molar-refractivity contribution in [2.45, 2.75) is 48.3 Å². The smallest absolute Gasteiger partial charge is 0.0613 e. The molecule has 2 unspecified atom stereocenters. The van der Waals surface area contributed by atoms with Crippen molar-refractivity contribution in [3.63, 3.8) is 0 Å². The number of hydrogen-bond donors (Lipinski definition) is 2. The molecule has 100 valence electrons. The Morgan fingerprint density at radius 1 is 1.50 bits per heavy atom. The van der Waals surface area contributed by atoms with E-state index >= 15 is 0 Å². The molecule has 2 rings (SSSR count). The van der Waals surface area contributed by atoms with E-state index in [-0.39, 0.29) is 12.1 Å². The fraction of sp³-hybridized carbons (Fsp3) is 0.600. The second-order valence-electron chi connectivity index (χ2n) is 5.34. The van der Waals surface area contributed by atoms with Crippen LogP contribution < -0.4 is 5.32 Å². The highest BCUT2D eigenvalue weighted by atomic mass is 32.2. The minimum atomic E-state index is -0.0558. The number of aryl methyl sites for hydroxylation is 1. The maximum atomic E-state index is 9.60. The van der Waals surface area contributed by atoms with E-state index in [4.69, 9.17) is 0 Å². The van der Waals surface area contributed by atoms with Crippen LogP contribution in [0.4, 0.5) is 0 Å². The fourth-order valence-corrected chi connectivity index (χ4v) is 4.22. The summed E-state index contributed by atoms with van der Waals surface area (Å²) < 4.78 is 0. The standard InChI is InChI=1S/C15H23NOS/c1-12-5-3-6-13(9-12)18-14-7-4-8-15(10-14,11-17)16-2/h3,5-6,9,14,16-17H,4,7-8,10-11H2,1-2H3. The molecule has 1 saturated carbocycles. The molecular formula is C15H23NOS. The molecule has 2 nitrogen and oxygen atoms in total. The normalized spacial score (nSPS) is 28.3. The summed E-state index contributed by atoms with van der Waals surface area (Å²) in [6, 6.07) is 8.69. The summed E-state index contributed by atoms with van der Waals surface area (Å²) in [5, 5.41) is 13.5. The SMILES string of the molecule is CNC1(CO)CCCC(Sc2cccc(C)c2)C1. The highest BCUT2D eigenvalue weighted by Gasteiger charge is 2.34. The maximum absolute atomic E-state index is 9.60. The Balaban J connectivity index is 2.01. The van der Waals surface area contributed by atoms with E-state index in [2.05, 4.69) is 36.5 Å². The average molecular weight is 265 g/mol. The molecule has 1 aromatic rings. The number of hydrogen-bond acceptors (Lipinski definition) is 3. The number of aliphatic hydroxyl groups excluding tert-OH is 1. The molecule has 2 atom stereocenters. The Labute approximate surface area is 114 Å². The van der Waals surface area contributed by atoms with E-state index in [0.29, 0.717) is 5.25 Å². The van der Waals surface area contributed by atoms with Crippen molar-refractivity contribution in [3.8, 4) is 0 Å². The zero-order valence-electron chi connectivity index (χ0n) is 11.3. The lowest BCUT2D eigenvalue weighted by Crippen LogP contribution is -2.50. The Hall–Kier alpha value is -0.510. The van der Waals surface area contributed by atoms with Crippen LogP contribution in [0.25, 0.3) is 0 Å². The van der Waals surface area contributed by atoms with Gasteiger partial charge in [-0.2, -0.15) is 0 Å². The van der Waals surface area contributed by atoms with Gasteiger partial charge in [-0.1, -0.05) is 24.1 Å². The third-order valence-electron chi connectivity index (χ3n) is 3.93. The number of benzene rings is 1. The van der Waals surface area contributed by atoms with Gasteiger partial charge in [0.2, 0.25) is 0 Å². The van der Waals surface area contributed by atoms with Crippen molar-refractivity contribution in [1.29, 1.82) is 0 Å². The topological polar surface area (TPSA) is 32.3 Å². The first-order valence-electron chi connectivity index (χ1n) is 6.70. The van der Waals surface area contributed by atoms with Gasteiger partial charge in [-0.3, -0.25) is 0 Å². The minimum Gasteiger partial charge on any atom is -0.394 e. The number of nitrogens with one attached hydrogen (secondary N) is 1. The van der Waals surface area contributed by atoms with Crippen LogP contribution in [-0.2, 0) is 0 Å². The zero-order chi connectivity index (χ0) is 13.0. The largest absolute Gasteiger partial charge is 0.394 e. The second kappa shape index (κ2) is 6.09. The number of likely N-dealkylation sites (N-methyl/N-ethyl adjacent to an activating group) is 1. The maximum Gasteiger partial charge on any atom is 0.0613 e. The molecule has 1 aromatic carbocycles. The van der Waals surface area contributed by atoms with Crippen molar-refractivity contribution in [2.75, 3.05) is 13.7 Å². The van der Waals surface area contributed by atoms with Crippen LogP contribution >= 0.6 is 11.8 Å². The van der Waals surface area contributed by atoms with Gasteiger partial charge in [0, 0.05) is 15.7 Å². The van der Waals surface area contributed by atoms with Crippen molar-refractivity contribution in [1.82, 2.24) is 5.32 Å². The van der Waals surface area contributed by atoms with Gasteiger partial charge in [-0.15, -0.1) is 11.8 Å². The summed E-state index contributed by atoms with van der Waals surface area (Å²) in [6.07, 6.45) is 4.59. The summed E-state index contributed by atoms with van der Waals surface area (Å²) >= 11 is 1.96. The van der Waals surface area contributed by atoms with E-state index in [1.54, 1.807) is 0 Å². The van der Waals surface area contributed by atoms with Crippen LogP contribution in [0.3, 0.4) is 0 Å². The van der Waals surface area contributed by atoms with Gasteiger partial charge in [0.15, 0.2) is 0 Å². The van der Waals surface area contributed by atoms with Gasteiger partial charge in [-0.05, 0) is 45.4 Å². The van der Waals surface area contributed by atoms with Crippen LogP contribution in [0.2, 0.25) is 0 Å². The lowest BCUT2D eigenvalue weighted by molar-refractivity contribution is 0.131. The monoisotopic (exact) mass is 265 g/mol. The van der Waals surface area contributed by atoms with Crippen LogP contribution in [0.15, 0.2) is 29.2 Å². The molecule has 0 saturated heterocycles.